The Kier molecular flexibility index (Phi) is 6.37. The van der Waals surface area contributed by atoms with Crippen LogP contribution in [-0.2, 0) is 6.54 Å². The average molecular weight is 291 g/mol. The number of rotatable bonds is 7. The minimum Gasteiger partial charge on any atom is -0.490 e. The summed E-state index contributed by atoms with van der Waals surface area (Å²) in [6.45, 7) is 5.82. The highest BCUT2D eigenvalue weighted by molar-refractivity contribution is 5.43. The molecule has 1 saturated carbocycles. The molecule has 0 aromatic heterocycles. The second kappa shape index (κ2) is 8.28. The molecule has 3 heteroatoms. The van der Waals surface area contributed by atoms with E-state index < -0.39 is 0 Å². The van der Waals surface area contributed by atoms with Gasteiger partial charge in [-0.15, -0.1) is 0 Å². The van der Waals surface area contributed by atoms with Crippen LogP contribution < -0.4 is 14.8 Å². The summed E-state index contributed by atoms with van der Waals surface area (Å²) in [7, 11) is 1.96. The Hall–Kier alpha value is -1.22. The average Bonchev–Trinajstić information content (AvgIpc) is 2.51. The molecule has 0 amide bonds. The van der Waals surface area contributed by atoms with Crippen LogP contribution in [0, 0.1) is 5.92 Å². The first kappa shape index (κ1) is 16.2. The standard InChI is InChI=1S/C18H29NO2/c1-4-14-6-9-16(10-7-14)21-17-11-8-15(13-19-3)12-18(17)20-5-2/h8,11-12,14,16,19H,4-7,9-10,13H2,1-3H3. The third-order valence-electron chi connectivity index (χ3n) is 4.35. The van der Waals surface area contributed by atoms with Crippen molar-refractivity contribution in [1.82, 2.24) is 5.32 Å². The van der Waals surface area contributed by atoms with Crippen LogP contribution in [0.5, 0.6) is 11.5 Å². The second-order valence-electron chi connectivity index (χ2n) is 5.91. The van der Waals surface area contributed by atoms with Gasteiger partial charge in [0.25, 0.3) is 0 Å². The molecule has 1 aliphatic carbocycles. The van der Waals surface area contributed by atoms with Crippen molar-refractivity contribution in [1.29, 1.82) is 0 Å². The van der Waals surface area contributed by atoms with Gasteiger partial charge >= 0.3 is 0 Å². The van der Waals surface area contributed by atoms with Gasteiger partial charge in [0.15, 0.2) is 11.5 Å². The maximum absolute atomic E-state index is 6.22. The summed E-state index contributed by atoms with van der Waals surface area (Å²) in [5.74, 6) is 2.67. The summed E-state index contributed by atoms with van der Waals surface area (Å²) in [4.78, 5) is 0. The van der Waals surface area contributed by atoms with Crippen molar-refractivity contribution in [2.24, 2.45) is 5.92 Å². The Labute approximate surface area is 129 Å². The maximum atomic E-state index is 6.22. The van der Waals surface area contributed by atoms with Gasteiger partial charge in [-0.2, -0.15) is 0 Å². The first-order valence-corrected chi connectivity index (χ1v) is 8.33. The Morgan fingerprint density at radius 2 is 1.86 bits per heavy atom. The van der Waals surface area contributed by atoms with Gasteiger partial charge in [0, 0.05) is 6.54 Å². The van der Waals surface area contributed by atoms with Gasteiger partial charge < -0.3 is 14.8 Å². The Morgan fingerprint density at radius 3 is 2.48 bits per heavy atom. The molecular formula is C18H29NO2. The van der Waals surface area contributed by atoms with Crippen molar-refractivity contribution in [2.45, 2.75) is 58.6 Å². The van der Waals surface area contributed by atoms with Crippen molar-refractivity contribution in [3.05, 3.63) is 23.8 Å². The summed E-state index contributed by atoms with van der Waals surface area (Å²) in [5.41, 5.74) is 1.22. The van der Waals surface area contributed by atoms with Crippen molar-refractivity contribution in [3.8, 4) is 11.5 Å². The zero-order chi connectivity index (χ0) is 15.1. The van der Waals surface area contributed by atoms with Gasteiger partial charge in [0.2, 0.25) is 0 Å². The van der Waals surface area contributed by atoms with Crippen LogP contribution >= 0.6 is 0 Å². The Morgan fingerprint density at radius 1 is 1.10 bits per heavy atom. The molecule has 0 unspecified atom stereocenters. The van der Waals surface area contributed by atoms with Crippen molar-refractivity contribution in [3.63, 3.8) is 0 Å². The summed E-state index contributed by atoms with van der Waals surface area (Å²) < 4.78 is 12.0. The molecule has 1 N–H and O–H groups in total. The van der Waals surface area contributed by atoms with Gasteiger partial charge in [0.05, 0.1) is 12.7 Å². The van der Waals surface area contributed by atoms with Crippen LogP contribution in [0.1, 0.15) is 51.5 Å². The molecule has 118 valence electrons. The third kappa shape index (κ3) is 4.63. The van der Waals surface area contributed by atoms with Crippen LogP contribution in [0.4, 0.5) is 0 Å². The van der Waals surface area contributed by atoms with Gasteiger partial charge in [-0.1, -0.05) is 19.4 Å². The van der Waals surface area contributed by atoms with E-state index in [2.05, 4.69) is 30.4 Å². The summed E-state index contributed by atoms with van der Waals surface area (Å²) in [6, 6.07) is 6.27. The first-order chi connectivity index (χ1) is 10.3. The molecule has 1 fully saturated rings. The van der Waals surface area contributed by atoms with Gasteiger partial charge in [-0.25, -0.2) is 0 Å². The number of ether oxygens (including phenoxy) is 2. The van der Waals surface area contributed by atoms with E-state index in [0.29, 0.717) is 12.7 Å². The largest absolute Gasteiger partial charge is 0.490 e. The number of hydrogen-bond donors (Lipinski definition) is 1. The lowest BCUT2D eigenvalue weighted by molar-refractivity contribution is 0.124. The lowest BCUT2D eigenvalue weighted by Gasteiger charge is -2.29. The molecule has 0 spiro atoms. The molecule has 2 rings (SSSR count). The molecule has 21 heavy (non-hydrogen) atoms. The summed E-state index contributed by atoms with van der Waals surface area (Å²) in [6.07, 6.45) is 6.58. The Bertz CT molecular complexity index is 425. The molecule has 1 aromatic carbocycles. The lowest BCUT2D eigenvalue weighted by atomic mass is 9.86. The van der Waals surface area contributed by atoms with Crippen LogP contribution in [0.2, 0.25) is 0 Å². The van der Waals surface area contributed by atoms with E-state index in [1.165, 1.54) is 37.7 Å². The van der Waals surface area contributed by atoms with E-state index in [4.69, 9.17) is 9.47 Å². The van der Waals surface area contributed by atoms with Crippen molar-refractivity contribution < 1.29 is 9.47 Å². The molecule has 0 radical (unpaired) electrons. The highest BCUT2D eigenvalue weighted by atomic mass is 16.5. The van der Waals surface area contributed by atoms with E-state index in [1.54, 1.807) is 0 Å². The van der Waals surface area contributed by atoms with Crippen molar-refractivity contribution >= 4 is 0 Å². The van der Waals surface area contributed by atoms with Gasteiger partial charge in [-0.3, -0.25) is 0 Å². The fourth-order valence-electron chi connectivity index (χ4n) is 3.07. The van der Waals surface area contributed by atoms with E-state index in [9.17, 15) is 0 Å². The topological polar surface area (TPSA) is 30.5 Å². The molecule has 0 saturated heterocycles. The SMILES string of the molecule is CCOc1cc(CNC)ccc1OC1CCC(CC)CC1. The van der Waals surface area contributed by atoms with Crippen LogP contribution in [-0.4, -0.2) is 19.8 Å². The monoisotopic (exact) mass is 291 g/mol. The van der Waals surface area contributed by atoms with E-state index in [1.807, 2.05) is 14.0 Å². The fraction of sp³-hybridized carbons (Fsp3) is 0.667. The molecule has 1 aliphatic rings. The van der Waals surface area contributed by atoms with Crippen LogP contribution in [0.25, 0.3) is 0 Å². The lowest BCUT2D eigenvalue weighted by Crippen LogP contribution is -2.24. The van der Waals surface area contributed by atoms with E-state index >= 15 is 0 Å². The van der Waals surface area contributed by atoms with E-state index in [-0.39, 0.29) is 0 Å². The molecule has 3 nitrogen and oxygen atoms in total. The molecular weight excluding hydrogens is 262 g/mol. The molecule has 0 heterocycles. The summed E-state index contributed by atoms with van der Waals surface area (Å²) >= 11 is 0. The minimum absolute atomic E-state index is 0.349. The highest BCUT2D eigenvalue weighted by Gasteiger charge is 2.22. The first-order valence-electron chi connectivity index (χ1n) is 8.33. The van der Waals surface area contributed by atoms with Crippen LogP contribution in [0.3, 0.4) is 0 Å². The predicted molar refractivity (Wildman–Crippen MR) is 87.0 cm³/mol. The quantitative estimate of drug-likeness (QED) is 0.818. The van der Waals surface area contributed by atoms with Crippen LogP contribution in [0.15, 0.2) is 18.2 Å². The van der Waals surface area contributed by atoms with Gasteiger partial charge in [0.1, 0.15) is 0 Å². The van der Waals surface area contributed by atoms with Crippen molar-refractivity contribution in [2.75, 3.05) is 13.7 Å². The Balaban J connectivity index is 2.01. The molecule has 0 bridgehead atoms. The summed E-state index contributed by atoms with van der Waals surface area (Å²) in [5, 5.41) is 3.17. The minimum atomic E-state index is 0.349. The third-order valence-corrected chi connectivity index (χ3v) is 4.35. The number of nitrogens with one attached hydrogen (secondary N) is 1. The normalized spacial score (nSPS) is 22.0. The predicted octanol–water partition coefficient (Wildman–Crippen LogP) is 4.15. The molecule has 0 aliphatic heterocycles. The molecule has 1 aromatic rings. The number of benzene rings is 1. The van der Waals surface area contributed by atoms with Gasteiger partial charge in [-0.05, 0) is 63.3 Å². The maximum Gasteiger partial charge on any atom is 0.161 e. The zero-order valence-electron chi connectivity index (χ0n) is 13.7. The van der Waals surface area contributed by atoms with E-state index in [0.717, 1.165) is 24.0 Å². The zero-order valence-corrected chi connectivity index (χ0v) is 13.7. The fourth-order valence-corrected chi connectivity index (χ4v) is 3.07. The molecule has 0 atom stereocenters. The number of hydrogen-bond acceptors (Lipinski definition) is 3. The smallest absolute Gasteiger partial charge is 0.161 e. The second-order valence-corrected chi connectivity index (χ2v) is 5.91. The highest BCUT2D eigenvalue weighted by Crippen LogP contribution is 2.34.